The van der Waals surface area contributed by atoms with E-state index in [1.165, 1.54) is 0 Å². The van der Waals surface area contributed by atoms with Gasteiger partial charge >= 0.3 is 0 Å². The van der Waals surface area contributed by atoms with Crippen molar-refractivity contribution in [3.05, 3.63) is 158 Å². The third kappa shape index (κ3) is 10.3. The Bertz CT molecular complexity index is 2440. The highest BCUT2D eigenvalue weighted by Crippen LogP contribution is 2.33. The monoisotopic (exact) mass is 768 g/mol. The van der Waals surface area contributed by atoms with E-state index >= 15 is 0 Å². The average Bonchev–Trinajstić information content (AvgIpc) is 3.19. The Balaban J connectivity index is 0.000000193. The molecule has 16 heteroatoms. The van der Waals surface area contributed by atoms with Crippen molar-refractivity contribution in [2.75, 3.05) is 54.8 Å². The van der Waals surface area contributed by atoms with Gasteiger partial charge < -0.3 is 49.9 Å². The summed E-state index contributed by atoms with van der Waals surface area (Å²) in [7, 11) is 0. The molecule has 0 unspecified atom stereocenters. The van der Waals surface area contributed by atoms with Crippen LogP contribution in [0, 0.1) is 0 Å². The second kappa shape index (κ2) is 17.7. The highest BCUT2D eigenvalue weighted by molar-refractivity contribution is 5.74. The number of para-hydroxylation sites is 2. The first-order chi connectivity index (χ1) is 28.2. The van der Waals surface area contributed by atoms with E-state index < -0.39 is 0 Å². The zero-order valence-corrected chi connectivity index (χ0v) is 31.0. The van der Waals surface area contributed by atoms with Gasteiger partial charge in [0.1, 0.15) is 0 Å². The lowest BCUT2D eigenvalue weighted by atomic mass is 10.2. The summed E-state index contributed by atoms with van der Waals surface area (Å²) in [5, 5.41) is 12.6. The van der Waals surface area contributed by atoms with Crippen LogP contribution in [-0.2, 0) is 0 Å². The normalized spacial score (nSPS) is 10.4. The van der Waals surface area contributed by atoms with Gasteiger partial charge in [0.15, 0.2) is 0 Å². The molecule has 288 valence electrons. The predicted octanol–water partition coefficient (Wildman–Crippen LogP) is 8.10. The molecule has 0 bridgehead atoms. The van der Waals surface area contributed by atoms with Crippen molar-refractivity contribution in [2.24, 2.45) is 0 Å². The lowest BCUT2D eigenvalue weighted by Crippen LogP contribution is -2.16. The van der Waals surface area contributed by atoms with Gasteiger partial charge in [0.2, 0.25) is 35.7 Å². The number of anilines is 16. The summed E-state index contributed by atoms with van der Waals surface area (Å²) in [6, 6.07) is 49.2. The fraction of sp³-hybridized carbons (Fsp3) is 0. The molecule has 2 aromatic heterocycles. The van der Waals surface area contributed by atoms with E-state index in [1.54, 1.807) is 24.3 Å². The predicted molar refractivity (Wildman–Crippen MR) is 235 cm³/mol. The minimum Gasteiger partial charge on any atom is -0.399 e. The average molecular weight is 769 g/mol. The molecule has 0 amide bonds. The summed E-state index contributed by atoms with van der Waals surface area (Å²) < 4.78 is 0. The minimum absolute atomic E-state index is 0.0952. The molecule has 0 saturated heterocycles. The summed E-state index contributed by atoms with van der Waals surface area (Å²) >= 11 is 0. The van der Waals surface area contributed by atoms with Gasteiger partial charge in [-0.15, -0.1) is 0 Å². The molecule has 0 atom stereocenters. The van der Waals surface area contributed by atoms with Crippen LogP contribution in [0.25, 0.3) is 0 Å². The molecule has 0 saturated carbocycles. The molecule has 0 fully saturated rings. The van der Waals surface area contributed by atoms with Gasteiger partial charge in [0.25, 0.3) is 0 Å². The molecule has 0 spiro atoms. The summed E-state index contributed by atoms with van der Waals surface area (Å²) in [5.74, 6) is 1.89. The van der Waals surface area contributed by atoms with Crippen LogP contribution in [0.4, 0.5) is 92.6 Å². The molecule has 58 heavy (non-hydrogen) atoms. The van der Waals surface area contributed by atoms with Gasteiger partial charge in [-0.2, -0.15) is 29.9 Å². The lowest BCUT2D eigenvalue weighted by Gasteiger charge is -2.24. The molecule has 16 nitrogen and oxygen atoms in total. The fourth-order valence-electron chi connectivity index (χ4n) is 5.60. The van der Waals surface area contributed by atoms with E-state index in [-0.39, 0.29) is 5.95 Å². The quantitative estimate of drug-likeness (QED) is 0.0563. The largest absolute Gasteiger partial charge is 0.399 e. The minimum atomic E-state index is 0.0952. The standard InChI is InChI=1S/C27H24N8.C15H16N8/c28-19-9-7-11-21(17-19)30-25-32-26(31-22-12-8-10-20(29)18-22)34-27(33-25)35(23-13-3-1-4-14-23)24-15-5-2-6-16-24;16-9-3-1-5-11(7-9)19-14-21-13(18)22-15(23-14)20-12-6-2-4-10(17)8-12/h1-18H,28-29H2,(H2,30,31,32,33,34);1-8H,16-17H2,(H4,18,19,20,21,22,23). The van der Waals surface area contributed by atoms with Crippen LogP contribution in [0.15, 0.2) is 158 Å². The summed E-state index contributed by atoms with van der Waals surface area (Å²) in [6.07, 6.45) is 0. The van der Waals surface area contributed by atoms with E-state index in [4.69, 9.17) is 38.6 Å². The number of hydrogen-bond acceptors (Lipinski definition) is 16. The maximum absolute atomic E-state index is 5.96. The van der Waals surface area contributed by atoms with Gasteiger partial charge in [-0.1, -0.05) is 60.7 Å². The number of nitrogen functional groups attached to an aromatic ring is 5. The topological polar surface area (TPSA) is 259 Å². The second-order valence-corrected chi connectivity index (χ2v) is 12.6. The molecule has 14 N–H and O–H groups in total. The van der Waals surface area contributed by atoms with Crippen molar-refractivity contribution in [1.29, 1.82) is 0 Å². The van der Waals surface area contributed by atoms with Crippen LogP contribution in [0.3, 0.4) is 0 Å². The highest BCUT2D eigenvalue weighted by atomic mass is 15.3. The molecule has 8 rings (SSSR count). The van der Waals surface area contributed by atoms with Crippen LogP contribution in [0.5, 0.6) is 0 Å². The lowest BCUT2D eigenvalue weighted by molar-refractivity contribution is 1.02. The van der Waals surface area contributed by atoms with E-state index in [0.29, 0.717) is 52.5 Å². The fourth-order valence-corrected chi connectivity index (χ4v) is 5.60. The van der Waals surface area contributed by atoms with E-state index in [2.05, 4.69) is 41.2 Å². The SMILES string of the molecule is Nc1cccc(Nc2nc(N)nc(Nc3cccc(N)c3)n2)c1.Nc1cccc(Nc2nc(Nc3cccc(N)c3)nc(N(c3ccccc3)c3ccccc3)n2)c1. The number of aromatic nitrogens is 6. The Morgan fingerprint density at radius 3 is 0.948 bits per heavy atom. The van der Waals surface area contributed by atoms with Crippen LogP contribution >= 0.6 is 0 Å². The third-order valence-electron chi connectivity index (χ3n) is 8.08. The van der Waals surface area contributed by atoms with Gasteiger partial charge in [-0.3, -0.25) is 4.90 Å². The molecule has 2 heterocycles. The molecule has 0 aliphatic rings. The van der Waals surface area contributed by atoms with E-state index in [0.717, 1.165) is 34.1 Å². The molecular weight excluding hydrogens is 729 g/mol. The van der Waals surface area contributed by atoms with Gasteiger partial charge in [-0.05, 0) is 97.1 Å². The van der Waals surface area contributed by atoms with Crippen LogP contribution in [0.2, 0.25) is 0 Å². The van der Waals surface area contributed by atoms with E-state index in [1.807, 2.05) is 138 Å². The van der Waals surface area contributed by atoms with Gasteiger partial charge in [-0.25, -0.2) is 0 Å². The summed E-state index contributed by atoms with van der Waals surface area (Å²) in [5.41, 5.74) is 36.6. The summed E-state index contributed by atoms with van der Waals surface area (Å²) in [4.78, 5) is 28.5. The van der Waals surface area contributed by atoms with Gasteiger partial charge in [0, 0.05) is 56.9 Å². The molecule has 0 aliphatic carbocycles. The maximum atomic E-state index is 5.96. The number of hydrogen-bond donors (Lipinski definition) is 9. The number of nitrogens with zero attached hydrogens (tertiary/aromatic N) is 7. The van der Waals surface area contributed by atoms with Crippen molar-refractivity contribution in [3.63, 3.8) is 0 Å². The van der Waals surface area contributed by atoms with Crippen molar-refractivity contribution < 1.29 is 0 Å². The Hall–Kier alpha value is -8.66. The van der Waals surface area contributed by atoms with Crippen LogP contribution < -0.4 is 54.8 Å². The Morgan fingerprint density at radius 1 is 0.328 bits per heavy atom. The third-order valence-corrected chi connectivity index (χ3v) is 8.08. The number of benzene rings is 6. The van der Waals surface area contributed by atoms with Crippen LogP contribution in [0.1, 0.15) is 0 Å². The maximum Gasteiger partial charge on any atom is 0.241 e. The van der Waals surface area contributed by atoms with E-state index in [9.17, 15) is 0 Å². The van der Waals surface area contributed by atoms with Gasteiger partial charge in [0.05, 0.1) is 0 Å². The number of nitrogens with two attached hydrogens (primary N) is 5. The van der Waals surface area contributed by atoms with Crippen molar-refractivity contribution >= 4 is 92.6 Å². The van der Waals surface area contributed by atoms with Crippen LogP contribution in [-0.4, -0.2) is 29.9 Å². The number of nitrogens with one attached hydrogen (secondary N) is 4. The smallest absolute Gasteiger partial charge is 0.241 e. The second-order valence-electron chi connectivity index (χ2n) is 12.6. The molecule has 6 aromatic carbocycles. The Labute approximate surface area is 334 Å². The first-order valence-corrected chi connectivity index (χ1v) is 17.9. The molecular formula is C42H40N16. The number of rotatable bonds is 11. The molecule has 0 aliphatic heterocycles. The first-order valence-electron chi connectivity index (χ1n) is 17.9. The van der Waals surface area contributed by atoms with Crippen molar-refractivity contribution in [1.82, 2.24) is 29.9 Å². The Morgan fingerprint density at radius 2 is 0.638 bits per heavy atom. The van der Waals surface area contributed by atoms with Crippen molar-refractivity contribution in [2.45, 2.75) is 0 Å². The highest BCUT2D eigenvalue weighted by Gasteiger charge is 2.18. The van der Waals surface area contributed by atoms with Crippen molar-refractivity contribution in [3.8, 4) is 0 Å². The Kier molecular flexibility index (Phi) is 11.5. The zero-order valence-electron chi connectivity index (χ0n) is 31.0. The molecule has 8 aromatic rings. The zero-order chi connectivity index (χ0) is 40.3. The first kappa shape index (κ1) is 37.6. The summed E-state index contributed by atoms with van der Waals surface area (Å²) in [6.45, 7) is 0. The molecule has 0 radical (unpaired) electrons.